The molecule has 0 saturated carbocycles. The Morgan fingerprint density at radius 3 is 2.47 bits per heavy atom. The maximum absolute atomic E-state index is 13.1. The summed E-state index contributed by atoms with van der Waals surface area (Å²) in [5, 5.41) is 0.202. The van der Waals surface area contributed by atoms with E-state index in [4.69, 9.17) is 4.74 Å². The highest BCUT2D eigenvalue weighted by atomic mass is 32.2. The third-order valence-electron chi connectivity index (χ3n) is 5.85. The lowest BCUT2D eigenvalue weighted by Gasteiger charge is -2.34. The van der Waals surface area contributed by atoms with Crippen LogP contribution in [-0.2, 0) is 14.8 Å². The predicted molar refractivity (Wildman–Crippen MR) is 113 cm³/mol. The number of nitrogens with one attached hydrogen (secondary N) is 1. The first kappa shape index (κ1) is 21.0. The molecule has 9 heteroatoms. The highest BCUT2D eigenvalue weighted by Gasteiger charge is 2.29. The molecule has 2 atom stereocenters. The molecule has 30 heavy (non-hydrogen) atoms. The van der Waals surface area contributed by atoms with Crippen LogP contribution in [0.1, 0.15) is 30.6 Å². The van der Waals surface area contributed by atoms with Gasteiger partial charge < -0.3 is 14.6 Å². The van der Waals surface area contributed by atoms with Crippen LogP contribution in [-0.4, -0.2) is 67.9 Å². The third kappa shape index (κ3) is 3.89. The van der Waals surface area contributed by atoms with E-state index >= 15 is 0 Å². The Morgan fingerprint density at radius 1 is 1.13 bits per heavy atom. The molecule has 1 amide bonds. The predicted octanol–water partition coefficient (Wildman–Crippen LogP) is 1.67. The molecule has 2 aliphatic rings. The van der Waals surface area contributed by atoms with Crippen LogP contribution in [0.2, 0.25) is 0 Å². The molecule has 2 saturated heterocycles. The first-order valence-electron chi connectivity index (χ1n) is 10.3. The number of nitrogens with zero attached hydrogens (tertiary/aromatic N) is 2. The molecule has 0 spiro atoms. The zero-order valence-corrected chi connectivity index (χ0v) is 18.1. The maximum Gasteiger partial charge on any atom is 0.259 e. The molecule has 2 aliphatic heterocycles. The summed E-state index contributed by atoms with van der Waals surface area (Å²) in [6.07, 6.45) is 2.49. The van der Waals surface area contributed by atoms with Crippen molar-refractivity contribution in [1.82, 2.24) is 14.2 Å². The Labute approximate surface area is 175 Å². The summed E-state index contributed by atoms with van der Waals surface area (Å²) in [5.74, 6) is 0.447. The number of ether oxygens (including phenoxy) is 1. The topological polar surface area (TPSA) is 99.8 Å². The van der Waals surface area contributed by atoms with E-state index in [2.05, 4.69) is 18.8 Å². The van der Waals surface area contributed by atoms with E-state index in [0.717, 1.165) is 6.42 Å². The number of carbonyl (C=O) groups is 1. The van der Waals surface area contributed by atoms with Gasteiger partial charge in [0.25, 0.3) is 5.91 Å². The molecule has 3 heterocycles. The number of hydrogen-bond donors (Lipinski definition) is 1. The summed E-state index contributed by atoms with van der Waals surface area (Å²) in [7, 11) is -3.73. The van der Waals surface area contributed by atoms with Crippen LogP contribution in [0.4, 0.5) is 0 Å². The minimum atomic E-state index is -3.73. The molecule has 2 aromatic rings. The first-order valence-corrected chi connectivity index (χ1v) is 11.7. The number of rotatable bonds is 3. The van der Waals surface area contributed by atoms with E-state index in [0.29, 0.717) is 43.7 Å². The van der Waals surface area contributed by atoms with Crippen molar-refractivity contribution in [2.75, 3.05) is 39.4 Å². The molecular weight excluding hydrogens is 406 g/mol. The molecule has 0 aliphatic carbocycles. The molecular formula is C21H27N3O5S. The molecule has 1 N–H and O–H groups in total. The Balaban J connectivity index is 1.71. The number of morpholine rings is 1. The lowest BCUT2D eigenvalue weighted by Crippen LogP contribution is -2.44. The first-order chi connectivity index (χ1) is 14.3. The van der Waals surface area contributed by atoms with Gasteiger partial charge >= 0.3 is 0 Å². The van der Waals surface area contributed by atoms with Crippen molar-refractivity contribution in [3.05, 3.63) is 40.2 Å². The molecule has 4 rings (SSSR count). The summed E-state index contributed by atoms with van der Waals surface area (Å²) in [4.78, 5) is 30.9. The molecule has 0 unspecified atom stereocenters. The summed E-state index contributed by atoms with van der Waals surface area (Å²) in [6.45, 7) is 6.68. The molecule has 8 nitrogen and oxygen atoms in total. The number of hydrogen-bond acceptors (Lipinski definition) is 5. The van der Waals surface area contributed by atoms with Gasteiger partial charge in [0.2, 0.25) is 15.5 Å². The normalized spacial score (nSPS) is 23.6. The van der Waals surface area contributed by atoms with Gasteiger partial charge in [-0.15, -0.1) is 0 Å². The number of benzene rings is 1. The number of fused-ring (bicyclic) bond motifs is 1. The van der Waals surface area contributed by atoms with Crippen LogP contribution >= 0.6 is 0 Å². The van der Waals surface area contributed by atoms with Crippen molar-refractivity contribution in [3.8, 4) is 0 Å². The number of pyridine rings is 1. The molecule has 162 valence electrons. The Kier molecular flexibility index (Phi) is 5.69. The maximum atomic E-state index is 13.1. The quantitative estimate of drug-likeness (QED) is 0.794. The fourth-order valence-electron chi connectivity index (χ4n) is 4.45. The molecule has 0 bridgehead atoms. The Bertz CT molecular complexity index is 1110. The second-order valence-electron chi connectivity index (χ2n) is 8.41. The number of piperidine rings is 1. The fraction of sp³-hybridized carbons (Fsp3) is 0.524. The molecule has 0 radical (unpaired) electrons. The van der Waals surface area contributed by atoms with E-state index in [1.807, 2.05) is 0 Å². The van der Waals surface area contributed by atoms with Gasteiger partial charge in [-0.05, 0) is 36.5 Å². The van der Waals surface area contributed by atoms with Crippen molar-refractivity contribution < 1.29 is 17.9 Å². The lowest BCUT2D eigenvalue weighted by atomic mass is 9.91. The van der Waals surface area contributed by atoms with E-state index < -0.39 is 15.5 Å². The van der Waals surface area contributed by atoms with E-state index in [9.17, 15) is 18.0 Å². The van der Waals surface area contributed by atoms with Gasteiger partial charge in [0, 0.05) is 43.3 Å². The van der Waals surface area contributed by atoms with Gasteiger partial charge in [-0.25, -0.2) is 8.42 Å². The summed E-state index contributed by atoms with van der Waals surface area (Å²) in [5.41, 5.74) is 0.0984. The average molecular weight is 434 g/mol. The number of aromatic amines is 1. The number of amides is 1. The average Bonchev–Trinajstić information content (AvgIpc) is 2.73. The van der Waals surface area contributed by atoms with Crippen LogP contribution in [0.3, 0.4) is 0 Å². The minimum absolute atomic E-state index is 0.0460. The smallest absolute Gasteiger partial charge is 0.259 e. The van der Waals surface area contributed by atoms with Gasteiger partial charge in [-0.3, -0.25) is 9.59 Å². The Morgan fingerprint density at radius 2 is 1.80 bits per heavy atom. The Hall–Kier alpha value is -2.23. The standard InChI is InChI=1S/C21H27N3O5S/c1-14-9-15(2)13-23(12-14)21(26)18-11-22-19-4-3-16(10-17(19)20(18)25)30(27,28)24-5-7-29-8-6-24/h3-4,10-11,14-15H,5-9,12-13H2,1-2H3,(H,22,25)/t14-,15-/m1/s1. The highest BCUT2D eigenvalue weighted by Crippen LogP contribution is 2.23. The largest absolute Gasteiger partial charge is 0.379 e. The highest BCUT2D eigenvalue weighted by molar-refractivity contribution is 7.89. The van der Waals surface area contributed by atoms with Gasteiger partial charge in [-0.1, -0.05) is 13.8 Å². The van der Waals surface area contributed by atoms with Gasteiger partial charge in [0.15, 0.2) is 0 Å². The summed E-state index contributed by atoms with van der Waals surface area (Å²) >= 11 is 0. The molecule has 1 aromatic heterocycles. The van der Waals surface area contributed by atoms with Crippen molar-refractivity contribution in [1.29, 1.82) is 0 Å². The number of H-pyrrole nitrogens is 1. The van der Waals surface area contributed by atoms with Crippen molar-refractivity contribution in [3.63, 3.8) is 0 Å². The number of carbonyl (C=O) groups excluding carboxylic acids is 1. The summed E-state index contributed by atoms with van der Waals surface area (Å²) in [6, 6.07) is 4.43. The number of aromatic nitrogens is 1. The minimum Gasteiger partial charge on any atom is -0.379 e. The summed E-state index contributed by atoms with van der Waals surface area (Å²) < 4.78 is 32.5. The van der Waals surface area contributed by atoms with Gasteiger partial charge in [0.05, 0.1) is 18.1 Å². The number of sulfonamides is 1. The second-order valence-corrected chi connectivity index (χ2v) is 10.3. The lowest BCUT2D eigenvalue weighted by molar-refractivity contribution is 0.0621. The zero-order chi connectivity index (χ0) is 21.5. The SMILES string of the molecule is C[C@@H]1C[C@@H](C)CN(C(=O)c2c[nH]c3ccc(S(=O)(=O)N4CCOCC4)cc3c2=O)C1. The van der Waals surface area contributed by atoms with Crippen LogP contribution in [0.5, 0.6) is 0 Å². The molecule has 2 fully saturated rings. The van der Waals surface area contributed by atoms with E-state index in [1.165, 1.54) is 22.6 Å². The molecule has 1 aromatic carbocycles. The van der Waals surface area contributed by atoms with Crippen molar-refractivity contribution >= 4 is 26.8 Å². The van der Waals surface area contributed by atoms with Crippen LogP contribution in [0.25, 0.3) is 10.9 Å². The monoisotopic (exact) mass is 433 g/mol. The van der Waals surface area contributed by atoms with Crippen molar-refractivity contribution in [2.45, 2.75) is 25.2 Å². The zero-order valence-electron chi connectivity index (χ0n) is 17.3. The number of likely N-dealkylation sites (tertiary alicyclic amines) is 1. The van der Waals surface area contributed by atoms with E-state index in [1.54, 1.807) is 11.0 Å². The van der Waals surface area contributed by atoms with Crippen LogP contribution in [0, 0.1) is 11.8 Å². The second kappa shape index (κ2) is 8.13. The fourth-order valence-corrected chi connectivity index (χ4v) is 5.89. The van der Waals surface area contributed by atoms with Crippen LogP contribution < -0.4 is 5.43 Å². The van der Waals surface area contributed by atoms with E-state index in [-0.39, 0.29) is 34.8 Å². The van der Waals surface area contributed by atoms with Gasteiger partial charge in [-0.2, -0.15) is 4.31 Å². The van der Waals surface area contributed by atoms with Crippen LogP contribution in [0.15, 0.2) is 34.1 Å². The van der Waals surface area contributed by atoms with Crippen molar-refractivity contribution in [2.24, 2.45) is 11.8 Å². The third-order valence-corrected chi connectivity index (χ3v) is 7.74. The van der Waals surface area contributed by atoms with Gasteiger partial charge in [0.1, 0.15) is 5.56 Å².